The fourth-order valence-corrected chi connectivity index (χ4v) is 10.1. The first-order valence-electron chi connectivity index (χ1n) is 21.6. The molecule has 4 aliphatic heterocycles. The average molecular weight is 870 g/mol. The Hall–Kier alpha value is -5.55. The fraction of sp³-hybridized carbons (Fsp3) is 0.500. The number of nitrogens with one attached hydrogen (secondary N) is 3. The molecule has 15 nitrogen and oxygen atoms in total. The van der Waals surface area contributed by atoms with Crippen molar-refractivity contribution in [2.45, 2.75) is 69.4 Å². The van der Waals surface area contributed by atoms with Crippen LogP contribution in [0.4, 0.5) is 37.6 Å². The van der Waals surface area contributed by atoms with E-state index >= 15 is 8.78 Å². The number of piperazine rings is 1. The Labute approximate surface area is 361 Å². The molecule has 4 fully saturated rings. The molecule has 2 unspecified atom stereocenters. The zero-order chi connectivity index (χ0) is 43.0. The summed E-state index contributed by atoms with van der Waals surface area (Å²) in [5.74, 6) is -2.84. The predicted molar refractivity (Wildman–Crippen MR) is 234 cm³/mol. The quantitative estimate of drug-likeness (QED) is 0.162. The molecule has 2 amide bonds. The van der Waals surface area contributed by atoms with Crippen molar-refractivity contribution < 1.29 is 23.1 Å². The lowest BCUT2D eigenvalue weighted by Crippen LogP contribution is -2.53. The highest BCUT2D eigenvalue weighted by Gasteiger charge is 2.51. The molecule has 0 spiro atoms. The summed E-state index contributed by atoms with van der Waals surface area (Å²) in [6.07, 6.45) is 5.78. The Bertz CT molecular complexity index is 2650. The molecule has 3 aromatic heterocycles. The summed E-state index contributed by atoms with van der Waals surface area (Å²) in [5.41, 5.74) is 3.84. The Morgan fingerprint density at radius 1 is 0.919 bits per heavy atom. The van der Waals surface area contributed by atoms with E-state index in [4.69, 9.17) is 26.4 Å². The molecule has 1 aliphatic carbocycles. The van der Waals surface area contributed by atoms with Crippen LogP contribution in [0.15, 0.2) is 47.4 Å². The van der Waals surface area contributed by atoms with Crippen LogP contribution in [-0.2, 0) is 23.7 Å². The Balaban J connectivity index is 0.776. The number of aromatic nitrogens is 5. The number of imide groups is 1. The summed E-state index contributed by atoms with van der Waals surface area (Å²) in [4.78, 5) is 54.3. The van der Waals surface area contributed by atoms with E-state index < -0.39 is 30.0 Å². The number of anilines is 5. The SMILES string of the molecule is C[C@H](C1CCN(c2ncc(Cl)c(Nc3ccc4c(c3)c3c(c(=O)n4C)OCC(F)(F)C(C4CC4)N3)n2)CC1)N1CCN(c2ccc3c(C4CCC(=O)NC4=O)nn(C)c3c2)CC1. The standard InChI is InChI=1S/C44H50ClF2N11O4/c1-24(56-16-18-57(19-17-56)28-7-8-29-34(21-28)55(3)53-36(29)30-9-11-35(59)50-41(30)60)25-12-14-58(15-13-25)43-48-22-32(45)40(52-43)49-27-6-10-33-31(20-27)37-38(42(61)54(33)2)62-23-44(46,47)39(51-37)26-4-5-26/h6-8,10,20-22,24-26,30,39,51H,4-5,9,11-19,23H2,1-3H3,(H,48,49,52)(H,50,59,60)/t24-,30?,39?/m1/s1. The van der Waals surface area contributed by atoms with Crippen LogP contribution in [0.5, 0.6) is 5.75 Å². The van der Waals surface area contributed by atoms with Gasteiger partial charge in [-0.2, -0.15) is 10.1 Å². The van der Waals surface area contributed by atoms with Crippen LogP contribution in [0, 0.1) is 11.8 Å². The number of amides is 2. The number of carbonyl (C=O) groups is 2. The third-order valence-electron chi connectivity index (χ3n) is 13.8. The summed E-state index contributed by atoms with van der Waals surface area (Å²) < 4.78 is 39.1. The van der Waals surface area contributed by atoms with Crippen molar-refractivity contribution in [1.82, 2.24) is 34.5 Å². The third kappa shape index (κ3) is 7.35. The molecule has 3 N–H and O–H groups in total. The van der Waals surface area contributed by atoms with Gasteiger partial charge >= 0.3 is 5.92 Å². The first kappa shape index (κ1) is 40.5. The van der Waals surface area contributed by atoms with Gasteiger partial charge in [0.1, 0.15) is 5.02 Å². The highest BCUT2D eigenvalue weighted by molar-refractivity contribution is 6.33. The van der Waals surface area contributed by atoms with Gasteiger partial charge in [-0.1, -0.05) is 11.6 Å². The number of fused-ring (bicyclic) bond motifs is 4. The maximum Gasteiger partial charge on any atom is 0.301 e. The van der Waals surface area contributed by atoms with Crippen molar-refractivity contribution in [3.8, 4) is 5.75 Å². The van der Waals surface area contributed by atoms with E-state index in [1.165, 1.54) is 4.57 Å². The average Bonchev–Trinajstić information content (AvgIpc) is 4.08. The van der Waals surface area contributed by atoms with Gasteiger partial charge in [0, 0.05) is 88.0 Å². The van der Waals surface area contributed by atoms with E-state index in [1.807, 2.05) is 23.9 Å². The molecule has 5 aromatic rings. The molecule has 62 heavy (non-hydrogen) atoms. The largest absolute Gasteiger partial charge is 0.480 e. The molecular weight excluding hydrogens is 820 g/mol. The van der Waals surface area contributed by atoms with E-state index in [-0.39, 0.29) is 29.2 Å². The number of carbonyl (C=O) groups excluding carboxylic acids is 2. The highest BCUT2D eigenvalue weighted by Crippen LogP contribution is 2.46. The lowest BCUT2D eigenvalue weighted by atomic mass is 9.89. The van der Waals surface area contributed by atoms with Gasteiger partial charge in [-0.05, 0) is 87.3 Å². The number of benzene rings is 2. The van der Waals surface area contributed by atoms with Crippen LogP contribution < -0.4 is 36.0 Å². The fourth-order valence-electron chi connectivity index (χ4n) is 9.97. The van der Waals surface area contributed by atoms with Gasteiger partial charge < -0.3 is 29.7 Å². The molecule has 0 bridgehead atoms. The van der Waals surface area contributed by atoms with Crippen molar-refractivity contribution in [2.24, 2.45) is 25.9 Å². The van der Waals surface area contributed by atoms with Crippen molar-refractivity contribution in [3.05, 3.63) is 63.7 Å². The Morgan fingerprint density at radius 2 is 1.69 bits per heavy atom. The number of alkyl halides is 2. The van der Waals surface area contributed by atoms with Crippen LogP contribution in [0.2, 0.25) is 5.02 Å². The van der Waals surface area contributed by atoms with Crippen LogP contribution in [0.1, 0.15) is 57.1 Å². The Kier molecular flexibility index (Phi) is 10.2. The van der Waals surface area contributed by atoms with Crippen LogP contribution >= 0.6 is 11.6 Å². The number of ether oxygens (including phenoxy) is 1. The number of pyridine rings is 1. The van der Waals surface area contributed by atoms with E-state index in [2.05, 4.69) is 60.8 Å². The van der Waals surface area contributed by atoms with E-state index in [0.29, 0.717) is 71.0 Å². The van der Waals surface area contributed by atoms with E-state index in [9.17, 15) is 14.4 Å². The molecule has 18 heteroatoms. The lowest BCUT2D eigenvalue weighted by Gasteiger charge is -2.43. The minimum absolute atomic E-state index is 0.106. The smallest absolute Gasteiger partial charge is 0.301 e. The maximum atomic E-state index is 15.2. The van der Waals surface area contributed by atoms with Gasteiger partial charge in [0.25, 0.3) is 5.56 Å². The summed E-state index contributed by atoms with van der Waals surface area (Å²) in [5, 5.41) is 15.4. The van der Waals surface area contributed by atoms with Gasteiger partial charge in [-0.15, -0.1) is 0 Å². The molecule has 3 saturated heterocycles. The summed E-state index contributed by atoms with van der Waals surface area (Å²) in [6.45, 7) is 6.80. The summed E-state index contributed by atoms with van der Waals surface area (Å²) in [6, 6.07) is 11.0. The third-order valence-corrected chi connectivity index (χ3v) is 14.1. The van der Waals surface area contributed by atoms with Gasteiger partial charge in [0.15, 0.2) is 12.4 Å². The second-order valence-electron chi connectivity index (χ2n) is 17.6. The first-order valence-corrected chi connectivity index (χ1v) is 22.0. The number of nitrogens with zero attached hydrogens (tertiary/aromatic N) is 8. The summed E-state index contributed by atoms with van der Waals surface area (Å²) in [7, 11) is 3.51. The van der Waals surface area contributed by atoms with E-state index in [0.717, 1.165) is 74.4 Å². The van der Waals surface area contributed by atoms with Crippen molar-refractivity contribution in [3.63, 3.8) is 0 Å². The molecule has 326 valence electrons. The number of hydrogen-bond donors (Lipinski definition) is 3. The molecule has 5 aliphatic rings. The van der Waals surface area contributed by atoms with Crippen LogP contribution in [-0.4, -0.2) is 105 Å². The molecule has 1 saturated carbocycles. The molecule has 0 radical (unpaired) electrons. The number of piperidine rings is 2. The zero-order valence-corrected chi connectivity index (χ0v) is 35.7. The van der Waals surface area contributed by atoms with Crippen molar-refractivity contribution in [1.29, 1.82) is 0 Å². The van der Waals surface area contributed by atoms with Crippen LogP contribution in [0.3, 0.4) is 0 Å². The first-order chi connectivity index (χ1) is 29.8. The summed E-state index contributed by atoms with van der Waals surface area (Å²) >= 11 is 6.65. The molecule has 7 heterocycles. The normalized spacial score (nSPS) is 22.8. The van der Waals surface area contributed by atoms with Crippen LogP contribution in [0.25, 0.3) is 21.8 Å². The topological polar surface area (TPSA) is 155 Å². The van der Waals surface area contributed by atoms with Gasteiger partial charge in [-0.25, -0.2) is 13.8 Å². The zero-order valence-electron chi connectivity index (χ0n) is 35.0. The minimum atomic E-state index is -3.13. The lowest BCUT2D eigenvalue weighted by molar-refractivity contribution is -0.134. The molecule has 3 atom stereocenters. The maximum absolute atomic E-state index is 15.2. The number of rotatable bonds is 8. The predicted octanol–water partition coefficient (Wildman–Crippen LogP) is 5.78. The Morgan fingerprint density at radius 3 is 2.44 bits per heavy atom. The second kappa shape index (κ2) is 15.7. The van der Waals surface area contributed by atoms with E-state index in [1.54, 1.807) is 19.3 Å². The number of halogens is 3. The number of hydrogen-bond acceptors (Lipinski definition) is 12. The molecule has 10 rings (SSSR count). The van der Waals surface area contributed by atoms with Gasteiger partial charge in [0.05, 0.1) is 40.6 Å². The monoisotopic (exact) mass is 869 g/mol. The highest BCUT2D eigenvalue weighted by atomic mass is 35.5. The van der Waals surface area contributed by atoms with Crippen molar-refractivity contribution >= 4 is 74.0 Å². The number of aryl methyl sites for hydroxylation is 2. The van der Waals surface area contributed by atoms with Gasteiger partial charge in [0.2, 0.25) is 23.5 Å². The molecule has 2 aromatic carbocycles. The minimum Gasteiger partial charge on any atom is -0.480 e. The molecular formula is C44H50ClF2N11O4. The second-order valence-corrected chi connectivity index (χ2v) is 18.0. The van der Waals surface area contributed by atoms with Crippen molar-refractivity contribution in [2.75, 3.05) is 66.3 Å². The van der Waals surface area contributed by atoms with Gasteiger partial charge in [-0.3, -0.25) is 29.3 Å².